The highest BCUT2D eigenvalue weighted by molar-refractivity contribution is 5.81. The Hall–Kier alpha value is -2.95. The van der Waals surface area contributed by atoms with E-state index in [4.69, 9.17) is 0 Å². The number of amides is 1. The van der Waals surface area contributed by atoms with Crippen LogP contribution in [0.15, 0.2) is 91.0 Å². The highest BCUT2D eigenvalue weighted by atomic mass is 16.2. The number of likely N-dealkylation sites (N-methyl/N-ethyl adjacent to an activating group) is 1. The Kier molecular flexibility index (Phi) is 7.35. The molecule has 4 rings (SSSR count). The number of rotatable bonds is 7. The minimum absolute atomic E-state index is 0.113. The van der Waals surface area contributed by atoms with Crippen LogP contribution in [0.5, 0.6) is 0 Å². The minimum Gasteiger partial charge on any atom is -0.340 e. The van der Waals surface area contributed by atoms with Gasteiger partial charge < -0.3 is 4.90 Å². The number of benzene rings is 3. The Morgan fingerprint density at radius 2 is 1.19 bits per heavy atom. The van der Waals surface area contributed by atoms with Crippen LogP contribution in [0.4, 0.5) is 0 Å². The SMILES string of the molecule is CC(C(=O)N(C)Cc1ccccc1)N1CCN(C(c2ccccc2)c2ccccc2)CC1. The molecule has 32 heavy (non-hydrogen) atoms. The molecule has 4 heteroatoms. The van der Waals surface area contributed by atoms with Crippen molar-refractivity contribution in [1.29, 1.82) is 0 Å². The van der Waals surface area contributed by atoms with Crippen LogP contribution < -0.4 is 0 Å². The fraction of sp³-hybridized carbons (Fsp3) is 0.321. The van der Waals surface area contributed by atoms with Crippen molar-refractivity contribution in [2.75, 3.05) is 33.2 Å². The summed E-state index contributed by atoms with van der Waals surface area (Å²) in [6.45, 7) is 6.35. The molecular formula is C28H33N3O. The van der Waals surface area contributed by atoms with Gasteiger partial charge in [-0.3, -0.25) is 14.6 Å². The number of carbonyl (C=O) groups excluding carboxylic acids is 1. The molecular weight excluding hydrogens is 394 g/mol. The van der Waals surface area contributed by atoms with Crippen LogP contribution in [0.3, 0.4) is 0 Å². The molecule has 1 heterocycles. The summed E-state index contributed by atoms with van der Waals surface area (Å²) in [5, 5.41) is 0. The third-order valence-corrected chi connectivity index (χ3v) is 6.49. The molecule has 1 amide bonds. The maximum atomic E-state index is 13.1. The van der Waals surface area contributed by atoms with Crippen LogP contribution in [-0.2, 0) is 11.3 Å². The van der Waals surface area contributed by atoms with Gasteiger partial charge in [0.05, 0.1) is 12.1 Å². The zero-order valence-corrected chi connectivity index (χ0v) is 19.1. The molecule has 1 aliphatic rings. The fourth-order valence-corrected chi connectivity index (χ4v) is 4.68. The lowest BCUT2D eigenvalue weighted by atomic mass is 9.96. The van der Waals surface area contributed by atoms with Gasteiger partial charge in [0.15, 0.2) is 0 Å². The van der Waals surface area contributed by atoms with Crippen LogP contribution in [0.25, 0.3) is 0 Å². The van der Waals surface area contributed by atoms with Crippen molar-refractivity contribution < 1.29 is 4.79 Å². The summed E-state index contributed by atoms with van der Waals surface area (Å²) in [4.78, 5) is 19.8. The molecule has 4 nitrogen and oxygen atoms in total. The zero-order valence-electron chi connectivity index (χ0n) is 19.1. The lowest BCUT2D eigenvalue weighted by Crippen LogP contribution is -2.54. The van der Waals surface area contributed by atoms with Crippen LogP contribution in [0.2, 0.25) is 0 Å². The van der Waals surface area contributed by atoms with Gasteiger partial charge >= 0.3 is 0 Å². The molecule has 1 saturated heterocycles. The summed E-state index contributed by atoms with van der Waals surface area (Å²) >= 11 is 0. The predicted molar refractivity (Wildman–Crippen MR) is 130 cm³/mol. The van der Waals surface area contributed by atoms with Gasteiger partial charge in [0, 0.05) is 39.8 Å². The van der Waals surface area contributed by atoms with Crippen molar-refractivity contribution in [2.45, 2.75) is 25.6 Å². The first-order valence-electron chi connectivity index (χ1n) is 11.5. The van der Waals surface area contributed by atoms with Gasteiger partial charge in [-0.05, 0) is 23.6 Å². The van der Waals surface area contributed by atoms with Crippen molar-refractivity contribution in [3.8, 4) is 0 Å². The van der Waals surface area contributed by atoms with Crippen molar-refractivity contribution in [3.05, 3.63) is 108 Å². The maximum absolute atomic E-state index is 13.1. The van der Waals surface area contributed by atoms with E-state index in [1.165, 1.54) is 11.1 Å². The zero-order chi connectivity index (χ0) is 22.3. The summed E-state index contributed by atoms with van der Waals surface area (Å²) < 4.78 is 0. The standard InChI is InChI=1S/C28H33N3O/c1-23(28(32)29(2)22-24-12-6-3-7-13-24)30-18-20-31(21-19-30)27(25-14-8-4-9-15-25)26-16-10-5-11-17-26/h3-17,23,27H,18-22H2,1-2H3. The van der Waals surface area contributed by atoms with E-state index in [0.29, 0.717) is 6.54 Å². The smallest absolute Gasteiger partial charge is 0.239 e. The van der Waals surface area contributed by atoms with E-state index >= 15 is 0 Å². The Balaban J connectivity index is 1.40. The van der Waals surface area contributed by atoms with Crippen molar-refractivity contribution in [2.24, 2.45) is 0 Å². The van der Waals surface area contributed by atoms with Crippen LogP contribution in [0, 0.1) is 0 Å². The minimum atomic E-state index is -0.113. The van der Waals surface area contributed by atoms with Crippen LogP contribution >= 0.6 is 0 Å². The Morgan fingerprint density at radius 1 is 0.750 bits per heavy atom. The molecule has 1 fully saturated rings. The Bertz CT molecular complexity index is 930. The van der Waals surface area contributed by atoms with E-state index in [-0.39, 0.29) is 18.0 Å². The molecule has 0 bridgehead atoms. The van der Waals surface area contributed by atoms with E-state index in [0.717, 1.165) is 31.7 Å². The average Bonchev–Trinajstić information content (AvgIpc) is 2.86. The van der Waals surface area contributed by atoms with Crippen LogP contribution in [-0.4, -0.2) is 59.9 Å². The quantitative estimate of drug-likeness (QED) is 0.558. The predicted octanol–water partition coefficient (Wildman–Crippen LogP) is 4.44. The lowest BCUT2D eigenvalue weighted by molar-refractivity contribution is -0.136. The van der Waals surface area contributed by atoms with Gasteiger partial charge in [-0.1, -0.05) is 91.0 Å². The summed E-state index contributed by atoms with van der Waals surface area (Å²) in [7, 11) is 1.91. The Labute approximate surface area is 192 Å². The van der Waals surface area contributed by atoms with Gasteiger partial charge in [0.2, 0.25) is 5.91 Å². The molecule has 0 N–H and O–H groups in total. The molecule has 1 aliphatic heterocycles. The second-order valence-corrected chi connectivity index (χ2v) is 8.65. The lowest BCUT2D eigenvalue weighted by Gasteiger charge is -2.42. The van der Waals surface area contributed by atoms with E-state index in [1.807, 2.05) is 37.1 Å². The topological polar surface area (TPSA) is 26.8 Å². The summed E-state index contributed by atoms with van der Waals surface area (Å²) in [6.07, 6.45) is 0. The summed E-state index contributed by atoms with van der Waals surface area (Å²) in [6, 6.07) is 31.8. The third-order valence-electron chi connectivity index (χ3n) is 6.49. The van der Waals surface area contributed by atoms with E-state index in [1.54, 1.807) is 0 Å². The fourth-order valence-electron chi connectivity index (χ4n) is 4.68. The molecule has 0 aliphatic carbocycles. The summed E-state index contributed by atoms with van der Waals surface area (Å²) in [5.74, 6) is 0.185. The van der Waals surface area contributed by atoms with Crippen molar-refractivity contribution in [1.82, 2.24) is 14.7 Å². The monoisotopic (exact) mass is 427 g/mol. The molecule has 0 radical (unpaired) electrons. The largest absolute Gasteiger partial charge is 0.340 e. The highest BCUT2D eigenvalue weighted by Gasteiger charge is 2.31. The summed E-state index contributed by atoms with van der Waals surface area (Å²) in [5.41, 5.74) is 3.80. The molecule has 3 aromatic rings. The van der Waals surface area contributed by atoms with E-state index < -0.39 is 0 Å². The molecule has 1 atom stereocenters. The molecule has 3 aromatic carbocycles. The van der Waals surface area contributed by atoms with Gasteiger partial charge in [0.1, 0.15) is 0 Å². The number of carbonyl (C=O) groups is 1. The second-order valence-electron chi connectivity index (χ2n) is 8.65. The molecule has 0 aromatic heterocycles. The van der Waals surface area contributed by atoms with E-state index in [9.17, 15) is 4.79 Å². The molecule has 0 saturated carbocycles. The van der Waals surface area contributed by atoms with Gasteiger partial charge in [0.25, 0.3) is 0 Å². The highest BCUT2D eigenvalue weighted by Crippen LogP contribution is 2.29. The number of hydrogen-bond donors (Lipinski definition) is 0. The second kappa shape index (κ2) is 10.6. The molecule has 166 valence electrons. The normalized spacial score (nSPS) is 16.1. The van der Waals surface area contributed by atoms with Gasteiger partial charge in [-0.15, -0.1) is 0 Å². The van der Waals surface area contributed by atoms with Crippen molar-refractivity contribution >= 4 is 5.91 Å². The van der Waals surface area contributed by atoms with E-state index in [2.05, 4.69) is 82.6 Å². The number of nitrogens with zero attached hydrogens (tertiary/aromatic N) is 3. The maximum Gasteiger partial charge on any atom is 0.239 e. The Morgan fingerprint density at radius 3 is 1.69 bits per heavy atom. The van der Waals surface area contributed by atoms with Gasteiger partial charge in [-0.2, -0.15) is 0 Å². The average molecular weight is 428 g/mol. The first-order chi connectivity index (χ1) is 15.6. The number of hydrogen-bond acceptors (Lipinski definition) is 3. The third kappa shape index (κ3) is 5.26. The first-order valence-corrected chi connectivity index (χ1v) is 11.5. The molecule has 1 unspecified atom stereocenters. The van der Waals surface area contributed by atoms with Crippen molar-refractivity contribution in [3.63, 3.8) is 0 Å². The van der Waals surface area contributed by atoms with Crippen LogP contribution in [0.1, 0.15) is 29.7 Å². The number of piperazine rings is 1. The first kappa shape index (κ1) is 22.3. The van der Waals surface area contributed by atoms with Gasteiger partial charge in [-0.25, -0.2) is 0 Å². The molecule has 0 spiro atoms.